The van der Waals surface area contributed by atoms with Crippen LogP contribution in [0.5, 0.6) is 0 Å². The Labute approximate surface area is 141 Å². The second kappa shape index (κ2) is 6.34. The molecule has 0 atom stereocenters. The van der Waals surface area contributed by atoms with Crippen molar-refractivity contribution in [2.45, 2.75) is 31.8 Å². The summed E-state index contributed by atoms with van der Waals surface area (Å²) in [5, 5.41) is 7.80. The highest BCUT2D eigenvalue weighted by Crippen LogP contribution is 2.26. The van der Waals surface area contributed by atoms with Gasteiger partial charge in [-0.25, -0.2) is 17.8 Å². The van der Waals surface area contributed by atoms with Crippen LogP contribution in [0, 0.1) is 13.8 Å². The smallest absolute Gasteiger partial charge is 0.255 e. The van der Waals surface area contributed by atoms with Crippen molar-refractivity contribution in [2.24, 2.45) is 7.05 Å². The van der Waals surface area contributed by atoms with Gasteiger partial charge in [-0.05, 0) is 13.8 Å². The standard InChI is InChI=1S/C11H13Cl2F2N5O2S/c1-5-9(6(2)20(17-5)11(14)15)23(21,22)16-4-7-8(12)10(13)19(3)18-7/h11,16H,4H2,1-3H3. The highest BCUT2D eigenvalue weighted by Gasteiger charge is 2.27. The molecule has 2 heterocycles. The van der Waals surface area contributed by atoms with Gasteiger partial charge in [0.25, 0.3) is 0 Å². The van der Waals surface area contributed by atoms with Crippen molar-refractivity contribution in [2.75, 3.05) is 0 Å². The highest BCUT2D eigenvalue weighted by molar-refractivity contribution is 7.89. The molecule has 2 aromatic heterocycles. The van der Waals surface area contributed by atoms with Gasteiger partial charge < -0.3 is 0 Å². The van der Waals surface area contributed by atoms with Crippen molar-refractivity contribution in [1.82, 2.24) is 24.3 Å². The molecule has 1 N–H and O–H groups in total. The Morgan fingerprint density at radius 1 is 1.26 bits per heavy atom. The van der Waals surface area contributed by atoms with Gasteiger partial charge in [0.05, 0.1) is 23.6 Å². The zero-order chi connectivity index (χ0) is 17.5. The first-order valence-electron chi connectivity index (χ1n) is 6.26. The first-order chi connectivity index (χ1) is 10.6. The lowest BCUT2D eigenvalue weighted by Crippen LogP contribution is -2.25. The summed E-state index contributed by atoms with van der Waals surface area (Å²) in [6.45, 7) is -0.571. The minimum atomic E-state index is -4.07. The molecule has 0 aliphatic rings. The largest absolute Gasteiger partial charge is 0.333 e. The quantitative estimate of drug-likeness (QED) is 0.853. The average molecular weight is 388 g/mol. The van der Waals surface area contributed by atoms with E-state index in [1.807, 2.05) is 0 Å². The van der Waals surface area contributed by atoms with E-state index in [4.69, 9.17) is 23.2 Å². The van der Waals surface area contributed by atoms with E-state index in [1.165, 1.54) is 18.5 Å². The molecule has 2 aromatic rings. The first kappa shape index (κ1) is 18.1. The normalized spacial score (nSPS) is 12.3. The summed E-state index contributed by atoms with van der Waals surface area (Å²) < 4.78 is 54.2. The summed E-state index contributed by atoms with van der Waals surface area (Å²) in [6.07, 6.45) is 0. The van der Waals surface area contributed by atoms with Crippen LogP contribution in [0.4, 0.5) is 8.78 Å². The molecule has 0 unspecified atom stereocenters. The zero-order valence-corrected chi connectivity index (χ0v) is 14.6. The van der Waals surface area contributed by atoms with Gasteiger partial charge in [-0.2, -0.15) is 19.0 Å². The summed E-state index contributed by atoms with van der Waals surface area (Å²) in [5.41, 5.74) is 0.0369. The maximum absolute atomic E-state index is 12.8. The minimum Gasteiger partial charge on any atom is -0.255 e. The predicted octanol–water partition coefficient (Wildman–Crippen LogP) is 2.41. The molecule has 0 saturated heterocycles. The van der Waals surface area contributed by atoms with Gasteiger partial charge in [0.15, 0.2) is 0 Å². The van der Waals surface area contributed by atoms with E-state index in [0.717, 1.165) is 0 Å². The van der Waals surface area contributed by atoms with Crippen LogP contribution in [0.1, 0.15) is 23.6 Å². The van der Waals surface area contributed by atoms with Gasteiger partial charge in [0.2, 0.25) is 10.0 Å². The van der Waals surface area contributed by atoms with E-state index in [0.29, 0.717) is 4.68 Å². The van der Waals surface area contributed by atoms with E-state index in [1.54, 1.807) is 7.05 Å². The van der Waals surface area contributed by atoms with Crippen LogP contribution >= 0.6 is 23.2 Å². The lowest BCUT2D eigenvalue weighted by atomic mass is 10.4. The van der Waals surface area contributed by atoms with Gasteiger partial charge in [-0.15, -0.1) is 0 Å². The SMILES string of the molecule is Cc1nn(C(F)F)c(C)c1S(=O)(=O)NCc1nn(C)c(Cl)c1Cl. The summed E-state index contributed by atoms with van der Waals surface area (Å²) in [4.78, 5) is -0.295. The van der Waals surface area contributed by atoms with E-state index >= 15 is 0 Å². The Balaban J connectivity index is 2.31. The molecule has 12 heteroatoms. The summed E-state index contributed by atoms with van der Waals surface area (Å²) in [5.74, 6) is 0. The number of aromatic nitrogens is 4. The molecule has 7 nitrogen and oxygen atoms in total. The topological polar surface area (TPSA) is 81.8 Å². The fourth-order valence-electron chi connectivity index (χ4n) is 2.11. The molecule has 0 bridgehead atoms. The van der Waals surface area contributed by atoms with Crippen molar-refractivity contribution in [1.29, 1.82) is 0 Å². The number of nitrogens with one attached hydrogen (secondary N) is 1. The van der Waals surface area contributed by atoms with Crippen LogP contribution in [0.3, 0.4) is 0 Å². The molecule has 2 rings (SSSR count). The van der Waals surface area contributed by atoms with Crippen LogP contribution in [0.15, 0.2) is 4.90 Å². The van der Waals surface area contributed by atoms with E-state index in [2.05, 4.69) is 14.9 Å². The Morgan fingerprint density at radius 3 is 2.30 bits per heavy atom. The monoisotopic (exact) mass is 387 g/mol. The zero-order valence-electron chi connectivity index (χ0n) is 12.3. The molecule has 23 heavy (non-hydrogen) atoms. The Kier molecular flexibility index (Phi) is 5.00. The third kappa shape index (κ3) is 3.35. The van der Waals surface area contributed by atoms with Gasteiger partial charge in [-0.1, -0.05) is 23.2 Å². The minimum absolute atomic E-state index is 0.0274. The van der Waals surface area contributed by atoms with Crippen molar-refractivity contribution in [3.8, 4) is 0 Å². The van der Waals surface area contributed by atoms with E-state index in [9.17, 15) is 17.2 Å². The second-order valence-corrected chi connectivity index (χ2v) is 7.16. The number of hydrogen-bond donors (Lipinski definition) is 1. The van der Waals surface area contributed by atoms with Gasteiger partial charge in [-0.3, -0.25) is 4.68 Å². The van der Waals surface area contributed by atoms with Gasteiger partial charge in [0.1, 0.15) is 15.1 Å². The molecular formula is C11H13Cl2F2N5O2S. The fourth-order valence-corrected chi connectivity index (χ4v) is 3.86. The number of sulfonamides is 1. The molecule has 0 amide bonds. The summed E-state index contributed by atoms with van der Waals surface area (Å²) in [7, 11) is -2.52. The molecule has 128 valence electrons. The van der Waals surface area contributed by atoms with Crippen molar-refractivity contribution in [3.05, 3.63) is 27.3 Å². The lowest BCUT2D eigenvalue weighted by Gasteiger charge is -2.07. The number of rotatable bonds is 5. The van der Waals surface area contributed by atoms with Crippen LogP contribution in [0.2, 0.25) is 10.2 Å². The highest BCUT2D eigenvalue weighted by atomic mass is 35.5. The van der Waals surface area contributed by atoms with Crippen LogP contribution in [-0.2, 0) is 23.6 Å². The van der Waals surface area contributed by atoms with Gasteiger partial charge in [0, 0.05) is 7.05 Å². The third-order valence-electron chi connectivity index (χ3n) is 3.13. The van der Waals surface area contributed by atoms with Crippen LogP contribution in [-0.4, -0.2) is 28.0 Å². The summed E-state index contributed by atoms with van der Waals surface area (Å²) in [6, 6.07) is 0. The van der Waals surface area contributed by atoms with Crippen molar-refractivity contribution in [3.63, 3.8) is 0 Å². The van der Waals surface area contributed by atoms with Crippen molar-refractivity contribution >= 4 is 33.2 Å². The Hall–Kier alpha value is -1.23. The molecule has 0 aliphatic heterocycles. The number of hydrogen-bond acceptors (Lipinski definition) is 4. The van der Waals surface area contributed by atoms with Crippen LogP contribution < -0.4 is 4.72 Å². The fraction of sp³-hybridized carbons (Fsp3) is 0.455. The molecule has 0 aliphatic carbocycles. The maximum atomic E-state index is 12.8. The lowest BCUT2D eigenvalue weighted by molar-refractivity contribution is 0.0538. The maximum Gasteiger partial charge on any atom is 0.333 e. The predicted molar refractivity (Wildman–Crippen MR) is 80.2 cm³/mol. The second-order valence-electron chi connectivity index (χ2n) is 4.72. The average Bonchev–Trinajstić information content (AvgIpc) is 2.88. The first-order valence-corrected chi connectivity index (χ1v) is 8.50. The molecular weight excluding hydrogens is 375 g/mol. The number of alkyl halides is 2. The van der Waals surface area contributed by atoms with E-state index < -0.39 is 16.6 Å². The van der Waals surface area contributed by atoms with E-state index in [-0.39, 0.29) is 38.7 Å². The van der Waals surface area contributed by atoms with Crippen molar-refractivity contribution < 1.29 is 17.2 Å². The molecule has 0 radical (unpaired) electrons. The van der Waals surface area contributed by atoms with Gasteiger partial charge >= 0.3 is 6.55 Å². The Bertz CT molecular complexity index is 847. The molecule has 0 fully saturated rings. The Morgan fingerprint density at radius 2 is 1.87 bits per heavy atom. The molecule has 0 aromatic carbocycles. The number of aryl methyl sites for hydroxylation is 2. The number of halogens is 4. The summed E-state index contributed by atoms with van der Waals surface area (Å²) >= 11 is 11.8. The molecule has 0 saturated carbocycles. The number of nitrogens with zero attached hydrogens (tertiary/aromatic N) is 4. The van der Waals surface area contributed by atoms with Crippen LogP contribution in [0.25, 0.3) is 0 Å². The third-order valence-corrected chi connectivity index (χ3v) is 5.71. The molecule has 0 spiro atoms.